The molecule has 18 heavy (non-hydrogen) atoms. The second-order valence-corrected chi connectivity index (χ2v) is 4.56. The first-order valence-electron chi connectivity index (χ1n) is 6.08. The maximum absolute atomic E-state index is 10.2. The van der Waals surface area contributed by atoms with E-state index in [1.165, 1.54) is 0 Å². The number of nitrogens with zero attached hydrogens (tertiary/aromatic N) is 1. The molecular weight excluding hydrogens is 226 g/mol. The van der Waals surface area contributed by atoms with E-state index < -0.39 is 0 Å². The molecular formula is C15H15NO2. The largest absolute Gasteiger partial charge is 0.494 e. The molecule has 0 atom stereocenters. The van der Waals surface area contributed by atoms with Crippen LogP contribution in [0.5, 0.6) is 11.8 Å². The van der Waals surface area contributed by atoms with Crippen molar-refractivity contribution in [2.75, 3.05) is 0 Å². The molecule has 1 aromatic carbocycles. The lowest BCUT2D eigenvalue weighted by Gasteiger charge is -2.07. The normalized spacial score (nSPS) is 13.6. The molecule has 0 saturated heterocycles. The smallest absolute Gasteiger partial charge is 0.198 e. The summed E-state index contributed by atoms with van der Waals surface area (Å²) in [5, 5.41) is 20.4. The molecule has 0 spiro atoms. The number of allylic oxidation sites excluding steroid dienone is 2. The SMILES string of the molecule is Oc1c2c(c(O)n1Cc1ccccc1)CC=CC2. The highest BCUT2D eigenvalue weighted by Gasteiger charge is 2.22. The van der Waals surface area contributed by atoms with Crippen LogP contribution in [-0.4, -0.2) is 14.8 Å². The van der Waals surface area contributed by atoms with Crippen LogP contribution in [0.2, 0.25) is 0 Å². The predicted molar refractivity (Wildman–Crippen MR) is 69.9 cm³/mol. The molecule has 2 N–H and O–H groups in total. The first kappa shape index (κ1) is 11.0. The maximum Gasteiger partial charge on any atom is 0.198 e. The van der Waals surface area contributed by atoms with E-state index in [0.717, 1.165) is 16.7 Å². The van der Waals surface area contributed by atoms with Crippen LogP contribution < -0.4 is 0 Å². The van der Waals surface area contributed by atoms with Crippen molar-refractivity contribution in [3.63, 3.8) is 0 Å². The molecule has 0 unspecified atom stereocenters. The van der Waals surface area contributed by atoms with E-state index >= 15 is 0 Å². The van der Waals surface area contributed by atoms with E-state index in [1.54, 1.807) is 4.57 Å². The lowest BCUT2D eigenvalue weighted by molar-refractivity contribution is 0.374. The van der Waals surface area contributed by atoms with Gasteiger partial charge in [-0.3, -0.25) is 4.57 Å². The summed E-state index contributed by atoms with van der Waals surface area (Å²) in [7, 11) is 0. The summed E-state index contributed by atoms with van der Waals surface area (Å²) in [5.41, 5.74) is 2.76. The van der Waals surface area contributed by atoms with Gasteiger partial charge in [-0.25, -0.2) is 0 Å². The Morgan fingerprint density at radius 3 is 2.00 bits per heavy atom. The quantitative estimate of drug-likeness (QED) is 0.794. The van der Waals surface area contributed by atoms with Gasteiger partial charge in [0.2, 0.25) is 0 Å². The van der Waals surface area contributed by atoms with E-state index in [1.807, 2.05) is 42.5 Å². The number of benzene rings is 1. The Hall–Kier alpha value is -2.16. The summed E-state index contributed by atoms with van der Waals surface area (Å²) >= 11 is 0. The maximum atomic E-state index is 10.2. The molecule has 1 aliphatic rings. The number of aromatic hydroxyl groups is 2. The Morgan fingerprint density at radius 2 is 1.44 bits per heavy atom. The number of aromatic nitrogens is 1. The Bertz CT molecular complexity index is 565. The van der Waals surface area contributed by atoms with Gasteiger partial charge in [0.1, 0.15) is 0 Å². The van der Waals surface area contributed by atoms with Crippen molar-refractivity contribution >= 4 is 0 Å². The molecule has 1 aromatic heterocycles. The molecule has 2 aromatic rings. The van der Waals surface area contributed by atoms with E-state index in [0.29, 0.717) is 19.4 Å². The molecule has 3 heteroatoms. The van der Waals surface area contributed by atoms with Gasteiger partial charge in [0.15, 0.2) is 11.8 Å². The van der Waals surface area contributed by atoms with Gasteiger partial charge in [-0.05, 0) is 18.4 Å². The van der Waals surface area contributed by atoms with Crippen molar-refractivity contribution in [3.8, 4) is 11.8 Å². The number of fused-ring (bicyclic) bond motifs is 1. The number of rotatable bonds is 2. The van der Waals surface area contributed by atoms with Gasteiger partial charge in [0, 0.05) is 11.1 Å². The standard InChI is InChI=1S/C15H15NO2/c17-14-12-8-4-5-9-13(12)15(18)16(14)10-11-6-2-1-3-7-11/h1-7,17-18H,8-10H2. The number of hydrogen-bond donors (Lipinski definition) is 2. The summed E-state index contributed by atoms with van der Waals surface area (Å²) in [5.74, 6) is 0.381. The van der Waals surface area contributed by atoms with Crippen LogP contribution in [0.3, 0.4) is 0 Å². The first-order chi connectivity index (χ1) is 8.77. The van der Waals surface area contributed by atoms with Crippen molar-refractivity contribution in [3.05, 3.63) is 59.2 Å². The fourth-order valence-corrected chi connectivity index (χ4v) is 2.44. The second-order valence-electron chi connectivity index (χ2n) is 4.56. The van der Waals surface area contributed by atoms with Crippen LogP contribution in [0, 0.1) is 0 Å². The van der Waals surface area contributed by atoms with Crippen LogP contribution in [0.15, 0.2) is 42.5 Å². The third-order valence-electron chi connectivity index (χ3n) is 3.41. The van der Waals surface area contributed by atoms with Crippen molar-refractivity contribution < 1.29 is 10.2 Å². The van der Waals surface area contributed by atoms with E-state index in [4.69, 9.17) is 0 Å². The first-order valence-corrected chi connectivity index (χ1v) is 6.08. The van der Waals surface area contributed by atoms with Gasteiger partial charge in [0.25, 0.3) is 0 Å². The van der Waals surface area contributed by atoms with Gasteiger partial charge < -0.3 is 10.2 Å². The zero-order chi connectivity index (χ0) is 12.5. The average Bonchev–Trinajstić information content (AvgIpc) is 2.66. The van der Waals surface area contributed by atoms with Gasteiger partial charge in [0.05, 0.1) is 6.54 Å². The van der Waals surface area contributed by atoms with Gasteiger partial charge in [-0.2, -0.15) is 0 Å². The van der Waals surface area contributed by atoms with E-state index in [9.17, 15) is 10.2 Å². The van der Waals surface area contributed by atoms with Gasteiger partial charge >= 0.3 is 0 Å². The fraction of sp³-hybridized carbons (Fsp3) is 0.200. The fourth-order valence-electron chi connectivity index (χ4n) is 2.44. The molecule has 0 radical (unpaired) electrons. The molecule has 0 fully saturated rings. The molecule has 0 saturated carbocycles. The predicted octanol–water partition coefficient (Wildman–Crippen LogP) is 2.60. The second kappa shape index (κ2) is 4.26. The van der Waals surface area contributed by atoms with Gasteiger partial charge in [-0.15, -0.1) is 0 Å². The summed E-state index contributed by atoms with van der Waals surface area (Å²) < 4.78 is 1.58. The summed E-state index contributed by atoms with van der Waals surface area (Å²) in [6.45, 7) is 0.492. The van der Waals surface area contributed by atoms with Crippen LogP contribution in [0.4, 0.5) is 0 Å². The summed E-state index contributed by atoms with van der Waals surface area (Å²) in [6, 6.07) is 9.82. The van der Waals surface area contributed by atoms with Crippen LogP contribution in [0.1, 0.15) is 16.7 Å². The molecule has 0 amide bonds. The van der Waals surface area contributed by atoms with E-state index in [-0.39, 0.29) is 11.8 Å². The zero-order valence-corrected chi connectivity index (χ0v) is 10.0. The molecule has 3 rings (SSSR count). The Kier molecular flexibility index (Phi) is 2.59. The van der Waals surface area contributed by atoms with Crippen LogP contribution in [0.25, 0.3) is 0 Å². The number of hydrogen-bond acceptors (Lipinski definition) is 2. The summed E-state index contributed by atoms with van der Waals surface area (Å²) in [6.07, 6.45) is 5.43. The van der Waals surface area contributed by atoms with Crippen molar-refractivity contribution in [1.82, 2.24) is 4.57 Å². The van der Waals surface area contributed by atoms with Crippen molar-refractivity contribution in [2.24, 2.45) is 0 Å². The van der Waals surface area contributed by atoms with E-state index in [2.05, 4.69) is 0 Å². The highest BCUT2D eigenvalue weighted by Crippen LogP contribution is 2.37. The molecule has 0 aliphatic heterocycles. The lowest BCUT2D eigenvalue weighted by Crippen LogP contribution is -1.98. The highest BCUT2D eigenvalue weighted by atomic mass is 16.3. The molecule has 3 nitrogen and oxygen atoms in total. The molecule has 1 aliphatic carbocycles. The highest BCUT2D eigenvalue weighted by molar-refractivity contribution is 5.49. The lowest BCUT2D eigenvalue weighted by atomic mass is 10.0. The van der Waals surface area contributed by atoms with Crippen LogP contribution >= 0.6 is 0 Å². The van der Waals surface area contributed by atoms with Crippen molar-refractivity contribution in [1.29, 1.82) is 0 Å². The summed E-state index contributed by atoms with van der Waals surface area (Å²) in [4.78, 5) is 0. The van der Waals surface area contributed by atoms with Gasteiger partial charge in [-0.1, -0.05) is 42.5 Å². The minimum atomic E-state index is 0.190. The van der Waals surface area contributed by atoms with Crippen molar-refractivity contribution in [2.45, 2.75) is 19.4 Å². The Morgan fingerprint density at radius 1 is 0.889 bits per heavy atom. The minimum Gasteiger partial charge on any atom is -0.494 e. The molecule has 0 bridgehead atoms. The minimum absolute atomic E-state index is 0.190. The third kappa shape index (κ3) is 1.68. The molecule has 1 heterocycles. The molecule has 92 valence electrons. The van der Waals surface area contributed by atoms with Crippen LogP contribution in [-0.2, 0) is 19.4 Å². The third-order valence-corrected chi connectivity index (χ3v) is 3.41. The average molecular weight is 241 g/mol. The Balaban J connectivity index is 2.01. The monoisotopic (exact) mass is 241 g/mol. The topological polar surface area (TPSA) is 45.4 Å². The zero-order valence-electron chi connectivity index (χ0n) is 10.0. The Labute approximate surface area is 106 Å².